The van der Waals surface area contributed by atoms with Gasteiger partial charge < -0.3 is 20.1 Å². The van der Waals surface area contributed by atoms with Crippen molar-refractivity contribution in [2.24, 2.45) is 0 Å². The number of aromatic nitrogens is 3. The van der Waals surface area contributed by atoms with E-state index in [2.05, 4.69) is 38.8 Å². The van der Waals surface area contributed by atoms with Crippen LogP contribution in [0.1, 0.15) is 12.5 Å². The third-order valence-corrected chi connectivity index (χ3v) is 3.86. The number of nitrogens with one attached hydrogen (secondary N) is 2. The Kier molecular flexibility index (Phi) is 5.48. The van der Waals surface area contributed by atoms with E-state index in [0.717, 1.165) is 17.8 Å². The molecule has 2 aromatic carbocycles. The predicted octanol–water partition coefficient (Wildman–Crippen LogP) is 3.94. The Morgan fingerprint density at radius 2 is 1.77 bits per heavy atom. The highest BCUT2D eigenvalue weighted by Gasteiger charge is 2.07. The van der Waals surface area contributed by atoms with Crippen LogP contribution in [0, 0.1) is 0 Å². The first-order valence-corrected chi connectivity index (χ1v) is 8.27. The summed E-state index contributed by atoms with van der Waals surface area (Å²) in [5.41, 5.74) is 2.99. The lowest BCUT2D eigenvalue weighted by Crippen LogP contribution is -2.03. The molecule has 2 N–H and O–H groups in total. The molecule has 0 bridgehead atoms. The molecule has 134 valence electrons. The van der Waals surface area contributed by atoms with Crippen molar-refractivity contribution in [3.05, 3.63) is 54.2 Å². The summed E-state index contributed by atoms with van der Waals surface area (Å²) >= 11 is 0. The molecule has 3 rings (SSSR count). The van der Waals surface area contributed by atoms with Gasteiger partial charge in [0.05, 0.1) is 20.4 Å². The van der Waals surface area contributed by atoms with Gasteiger partial charge in [-0.05, 0) is 30.2 Å². The van der Waals surface area contributed by atoms with E-state index in [1.807, 2.05) is 36.4 Å². The lowest BCUT2D eigenvalue weighted by atomic mass is 10.1. The summed E-state index contributed by atoms with van der Waals surface area (Å²) in [6, 6.07) is 13.6. The predicted molar refractivity (Wildman–Crippen MR) is 102 cm³/mol. The van der Waals surface area contributed by atoms with Crippen LogP contribution in [0.3, 0.4) is 0 Å². The number of ether oxygens (including phenoxy) is 2. The van der Waals surface area contributed by atoms with Crippen LogP contribution in [0.25, 0.3) is 0 Å². The molecule has 0 atom stereocenters. The van der Waals surface area contributed by atoms with E-state index in [0.29, 0.717) is 23.3 Å². The van der Waals surface area contributed by atoms with E-state index in [1.165, 1.54) is 5.56 Å². The van der Waals surface area contributed by atoms with Gasteiger partial charge in [-0.15, -0.1) is 5.10 Å². The number of hydrogen-bond donors (Lipinski definition) is 2. The second-order valence-electron chi connectivity index (χ2n) is 5.50. The zero-order valence-corrected chi connectivity index (χ0v) is 15.0. The number of hydrogen-bond acceptors (Lipinski definition) is 7. The van der Waals surface area contributed by atoms with E-state index in [1.54, 1.807) is 20.4 Å². The lowest BCUT2D eigenvalue weighted by Gasteiger charge is -2.12. The van der Waals surface area contributed by atoms with E-state index >= 15 is 0 Å². The van der Waals surface area contributed by atoms with Crippen molar-refractivity contribution in [3.63, 3.8) is 0 Å². The highest BCUT2D eigenvalue weighted by Crippen LogP contribution is 2.30. The van der Waals surface area contributed by atoms with Gasteiger partial charge in [-0.2, -0.15) is 10.1 Å². The Balaban J connectivity index is 1.79. The number of benzene rings is 2. The number of methoxy groups -OCH3 is 2. The zero-order valence-electron chi connectivity index (χ0n) is 15.0. The van der Waals surface area contributed by atoms with Crippen molar-refractivity contribution in [2.45, 2.75) is 13.3 Å². The first kappa shape index (κ1) is 17.5. The summed E-state index contributed by atoms with van der Waals surface area (Å²) in [6.45, 7) is 2.11. The van der Waals surface area contributed by atoms with Crippen molar-refractivity contribution in [1.82, 2.24) is 15.2 Å². The summed E-state index contributed by atoms with van der Waals surface area (Å²) in [4.78, 5) is 4.47. The van der Waals surface area contributed by atoms with Crippen LogP contribution in [0.2, 0.25) is 0 Å². The summed E-state index contributed by atoms with van der Waals surface area (Å²) < 4.78 is 10.6. The second-order valence-corrected chi connectivity index (χ2v) is 5.50. The van der Waals surface area contributed by atoms with Gasteiger partial charge in [0.2, 0.25) is 5.95 Å². The van der Waals surface area contributed by atoms with Crippen molar-refractivity contribution in [3.8, 4) is 11.5 Å². The fourth-order valence-electron chi connectivity index (χ4n) is 2.55. The molecular formula is C19H21N5O2. The molecule has 0 saturated carbocycles. The number of anilines is 4. The number of aryl methyl sites for hydroxylation is 1. The lowest BCUT2D eigenvalue weighted by molar-refractivity contribution is 0.355. The standard InChI is InChI=1S/C19H21N5O2/c1-4-13-7-5-6-8-15(13)22-18-12-20-24-19(23-18)21-14-9-10-16(25-2)17(11-14)26-3/h5-12H,4H2,1-3H3,(H2,21,22,23,24). The molecule has 3 aromatic rings. The number of nitrogens with zero attached hydrogens (tertiary/aromatic N) is 3. The smallest absolute Gasteiger partial charge is 0.249 e. The first-order chi connectivity index (χ1) is 12.7. The molecule has 0 fully saturated rings. The van der Waals surface area contributed by atoms with Gasteiger partial charge in [-0.1, -0.05) is 25.1 Å². The average molecular weight is 351 g/mol. The topological polar surface area (TPSA) is 81.2 Å². The Morgan fingerprint density at radius 1 is 0.962 bits per heavy atom. The molecule has 0 aliphatic carbocycles. The Hall–Kier alpha value is -3.35. The Bertz CT molecular complexity index is 885. The van der Waals surface area contributed by atoms with Gasteiger partial charge in [0.1, 0.15) is 0 Å². The van der Waals surface area contributed by atoms with E-state index in [9.17, 15) is 0 Å². The van der Waals surface area contributed by atoms with Crippen molar-refractivity contribution in [1.29, 1.82) is 0 Å². The molecule has 1 aromatic heterocycles. The van der Waals surface area contributed by atoms with Gasteiger partial charge >= 0.3 is 0 Å². The summed E-state index contributed by atoms with van der Waals surface area (Å²) in [7, 11) is 3.19. The van der Waals surface area contributed by atoms with E-state index in [-0.39, 0.29) is 0 Å². The normalized spacial score (nSPS) is 10.3. The summed E-state index contributed by atoms with van der Waals surface area (Å²) in [5.74, 6) is 2.28. The summed E-state index contributed by atoms with van der Waals surface area (Å²) in [5, 5.41) is 14.5. The summed E-state index contributed by atoms with van der Waals surface area (Å²) in [6.07, 6.45) is 2.52. The highest BCUT2D eigenvalue weighted by molar-refractivity contribution is 5.63. The zero-order chi connectivity index (χ0) is 18.4. The molecule has 0 spiro atoms. The average Bonchev–Trinajstić information content (AvgIpc) is 2.68. The fourth-order valence-corrected chi connectivity index (χ4v) is 2.55. The van der Waals surface area contributed by atoms with Crippen molar-refractivity contribution in [2.75, 3.05) is 24.9 Å². The minimum Gasteiger partial charge on any atom is -0.493 e. The van der Waals surface area contributed by atoms with E-state index in [4.69, 9.17) is 9.47 Å². The highest BCUT2D eigenvalue weighted by atomic mass is 16.5. The molecule has 7 nitrogen and oxygen atoms in total. The van der Waals surface area contributed by atoms with Gasteiger partial charge in [0, 0.05) is 17.4 Å². The Labute approximate surface area is 152 Å². The second kappa shape index (κ2) is 8.15. The van der Waals surface area contributed by atoms with Crippen LogP contribution in [0.4, 0.5) is 23.1 Å². The van der Waals surface area contributed by atoms with Gasteiger partial charge in [-0.3, -0.25) is 0 Å². The van der Waals surface area contributed by atoms with Crippen LogP contribution in [-0.4, -0.2) is 29.4 Å². The third-order valence-electron chi connectivity index (χ3n) is 3.86. The maximum Gasteiger partial charge on any atom is 0.249 e. The molecule has 0 amide bonds. The minimum atomic E-state index is 0.385. The Morgan fingerprint density at radius 3 is 2.54 bits per heavy atom. The maximum atomic E-state index is 5.31. The number of rotatable bonds is 7. The van der Waals surface area contributed by atoms with Crippen LogP contribution in [0.15, 0.2) is 48.7 Å². The number of para-hydroxylation sites is 1. The van der Waals surface area contributed by atoms with Crippen LogP contribution in [-0.2, 0) is 6.42 Å². The third kappa shape index (κ3) is 4.00. The van der Waals surface area contributed by atoms with Crippen LogP contribution >= 0.6 is 0 Å². The molecule has 26 heavy (non-hydrogen) atoms. The van der Waals surface area contributed by atoms with Crippen LogP contribution < -0.4 is 20.1 Å². The minimum absolute atomic E-state index is 0.385. The van der Waals surface area contributed by atoms with Gasteiger partial charge in [-0.25, -0.2) is 0 Å². The largest absolute Gasteiger partial charge is 0.493 e. The molecule has 0 aliphatic heterocycles. The molecule has 0 aliphatic rings. The van der Waals surface area contributed by atoms with Crippen molar-refractivity contribution < 1.29 is 9.47 Å². The van der Waals surface area contributed by atoms with Gasteiger partial charge in [0.25, 0.3) is 0 Å². The maximum absolute atomic E-state index is 5.31. The molecular weight excluding hydrogens is 330 g/mol. The molecule has 0 unspecified atom stereocenters. The molecule has 0 saturated heterocycles. The van der Waals surface area contributed by atoms with Gasteiger partial charge in [0.15, 0.2) is 17.3 Å². The SMILES string of the molecule is CCc1ccccc1Nc1cnnc(Nc2ccc(OC)c(OC)c2)n1. The molecule has 7 heteroatoms. The molecule has 1 heterocycles. The van der Waals surface area contributed by atoms with Crippen LogP contribution in [0.5, 0.6) is 11.5 Å². The van der Waals surface area contributed by atoms with Crippen molar-refractivity contribution >= 4 is 23.1 Å². The van der Waals surface area contributed by atoms with E-state index < -0.39 is 0 Å². The first-order valence-electron chi connectivity index (χ1n) is 8.27. The molecule has 0 radical (unpaired) electrons. The monoisotopic (exact) mass is 351 g/mol. The fraction of sp³-hybridized carbons (Fsp3) is 0.211. The quantitative estimate of drug-likeness (QED) is 0.667.